The van der Waals surface area contributed by atoms with Crippen LogP contribution in [-0.2, 0) is 8.92 Å². The standard InChI is InChI=1S/C6H13FO2S/c1-2-10-9-6-5-8-4-3-7/h2-6H2,1H3. The highest BCUT2D eigenvalue weighted by molar-refractivity contribution is 7.94. The molecule has 10 heavy (non-hydrogen) atoms. The van der Waals surface area contributed by atoms with E-state index in [0.29, 0.717) is 13.2 Å². The van der Waals surface area contributed by atoms with Gasteiger partial charge in [-0.25, -0.2) is 4.39 Å². The number of rotatable bonds is 7. The minimum absolute atomic E-state index is 0.181. The first-order chi connectivity index (χ1) is 4.91. The first-order valence-electron chi connectivity index (χ1n) is 3.30. The highest BCUT2D eigenvalue weighted by atomic mass is 32.2. The molecule has 4 heteroatoms. The largest absolute Gasteiger partial charge is 0.376 e. The van der Waals surface area contributed by atoms with Crippen LogP contribution in [0.25, 0.3) is 0 Å². The normalized spacial score (nSPS) is 10.2. The van der Waals surface area contributed by atoms with E-state index >= 15 is 0 Å². The van der Waals surface area contributed by atoms with E-state index in [9.17, 15) is 4.39 Å². The molecule has 0 saturated carbocycles. The maximum absolute atomic E-state index is 11.4. The van der Waals surface area contributed by atoms with Gasteiger partial charge in [-0.3, -0.25) is 0 Å². The van der Waals surface area contributed by atoms with Gasteiger partial charge in [0.1, 0.15) is 6.67 Å². The van der Waals surface area contributed by atoms with Gasteiger partial charge >= 0.3 is 0 Å². The Kier molecular flexibility index (Phi) is 9.38. The van der Waals surface area contributed by atoms with Gasteiger partial charge in [0.15, 0.2) is 0 Å². The Labute approximate surface area is 65.3 Å². The first-order valence-corrected chi connectivity index (χ1v) is 4.21. The Hall–Kier alpha value is 0.200. The molecule has 0 aliphatic carbocycles. The third kappa shape index (κ3) is 8.20. The van der Waals surface area contributed by atoms with E-state index in [2.05, 4.69) is 0 Å². The number of halogens is 1. The van der Waals surface area contributed by atoms with Gasteiger partial charge in [-0.2, -0.15) is 0 Å². The second-order valence-corrected chi connectivity index (χ2v) is 2.58. The van der Waals surface area contributed by atoms with Crippen LogP contribution in [0.3, 0.4) is 0 Å². The second kappa shape index (κ2) is 9.20. The van der Waals surface area contributed by atoms with Crippen molar-refractivity contribution >= 4 is 12.0 Å². The predicted molar refractivity (Wildman–Crippen MR) is 40.9 cm³/mol. The second-order valence-electron chi connectivity index (χ2n) is 1.53. The molecule has 62 valence electrons. The molecule has 0 fully saturated rings. The minimum atomic E-state index is -0.416. The molecule has 0 rings (SSSR count). The maximum Gasteiger partial charge on any atom is 0.113 e. The zero-order chi connectivity index (χ0) is 7.66. The molecule has 2 nitrogen and oxygen atoms in total. The Morgan fingerprint density at radius 1 is 1.30 bits per heavy atom. The molecule has 0 unspecified atom stereocenters. The summed E-state index contributed by atoms with van der Waals surface area (Å²) in [5.74, 6) is 0.934. The lowest BCUT2D eigenvalue weighted by Crippen LogP contribution is -2.03. The predicted octanol–water partition coefficient (Wildman–Crippen LogP) is 1.66. The van der Waals surface area contributed by atoms with Crippen molar-refractivity contribution in [3.63, 3.8) is 0 Å². The van der Waals surface area contributed by atoms with Crippen LogP contribution in [0.5, 0.6) is 0 Å². The van der Waals surface area contributed by atoms with Gasteiger partial charge in [0.2, 0.25) is 0 Å². The molecule has 0 atom stereocenters. The van der Waals surface area contributed by atoms with Crippen LogP contribution in [0.15, 0.2) is 0 Å². The third-order valence-electron chi connectivity index (χ3n) is 0.734. The van der Waals surface area contributed by atoms with Crippen LogP contribution in [0, 0.1) is 0 Å². The van der Waals surface area contributed by atoms with E-state index in [4.69, 9.17) is 8.92 Å². The fourth-order valence-corrected chi connectivity index (χ4v) is 0.744. The fraction of sp³-hybridized carbons (Fsp3) is 1.00. The smallest absolute Gasteiger partial charge is 0.113 e. The molecule has 0 saturated heterocycles. The fourth-order valence-electron chi connectivity index (χ4n) is 0.392. The third-order valence-corrected chi connectivity index (χ3v) is 1.30. The van der Waals surface area contributed by atoms with Gasteiger partial charge < -0.3 is 8.92 Å². The molecule has 0 amide bonds. The molecular weight excluding hydrogens is 155 g/mol. The summed E-state index contributed by atoms with van der Waals surface area (Å²) in [6.45, 7) is 2.80. The summed E-state index contributed by atoms with van der Waals surface area (Å²) in [5, 5.41) is 0. The van der Waals surface area contributed by atoms with E-state index < -0.39 is 6.67 Å². The van der Waals surface area contributed by atoms with Crippen LogP contribution in [-0.4, -0.2) is 32.2 Å². The molecule has 0 aromatic carbocycles. The highest BCUT2D eigenvalue weighted by Crippen LogP contribution is 1.98. The molecule has 0 aromatic heterocycles. The Morgan fingerprint density at radius 3 is 2.70 bits per heavy atom. The summed E-state index contributed by atoms with van der Waals surface area (Å²) in [6, 6.07) is 0. The summed E-state index contributed by atoms with van der Waals surface area (Å²) in [6.07, 6.45) is 0. The van der Waals surface area contributed by atoms with E-state index in [1.54, 1.807) is 0 Å². The van der Waals surface area contributed by atoms with Crippen molar-refractivity contribution in [3.8, 4) is 0 Å². The number of ether oxygens (including phenoxy) is 1. The molecule has 0 bridgehead atoms. The van der Waals surface area contributed by atoms with Gasteiger partial charge in [-0.1, -0.05) is 6.92 Å². The topological polar surface area (TPSA) is 18.5 Å². The summed E-state index contributed by atoms with van der Waals surface area (Å²) in [5.41, 5.74) is 0. The van der Waals surface area contributed by atoms with Crippen molar-refractivity contribution in [2.45, 2.75) is 6.92 Å². The first kappa shape index (κ1) is 10.2. The van der Waals surface area contributed by atoms with Crippen LogP contribution >= 0.6 is 12.0 Å². The van der Waals surface area contributed by atoms with Crippen molar-refractivity contribution in [2.75, 3.05) is 32.2 Å². The Bertz CT molecular complexity index is 55.7. The number of alkyl halides is 1. The van der Waals surface area contributed by atoms with Crippen LogP contribution in [0.1, 0.15) is 6.92 Å². The molecule has 0 heterocycles. The van der Waals surface area contributed by atoms with E-state index in [1.807, 2.05) is 6.92 Å². The van der Waals surface area contributed by atoms with E-state index in [1.165, 1.54) is 12.0 Å². The summed E-state index contributed by atoms with van der Waals surface area (Å²) >= 11 is 1.39. The quantitative estimate of drug-likeness (QED) is 0.425. The molecule has 0 aromatic rings. The highest BCUT2D eigenvalue weighted by Gasteiger charge is 1.87. The molecular formula is C6H13FO2S. The maximum atomic E-state index is 11.4. The lowest BCUT2D eigenvalue weighted by atomic mass is 10.7. The molecule has 0 N–H and O–H groups in total. The lowest BCUT2D eigenvalue weighted by molar-refractivity contribution is 0.0955. The van der Waals surface area contributed by atoms with E-state index in [-0.39, 0.29) is 6.61 Å². The SMILES string of the molecule is CCSOCCOCCF. The van der Waals surface area contributed by atoms with Crippen LogP contribution in [0.2, 0.25) is 0 Å². The number of hydrogen-bond acceptors (Lipinski definition) is 3. The van der Waals surface area contributed by atoms with Gasteiger partial charge in [0, 0.05) is 5.75 Å². The van der Waals surface area contributed by atoms with Crippen LogP contribution in [0.4, 0.5) is 4.39 Å². The average Bonchev–Trinajstić information content (AvgIpc) is 1.97. The van der Waals surface area contributed by atoms with Crippen molar-refractivity contribution in [1.29, 1.82) is 0 Å². The van der Waals surface area contributed by atoms with Gasteiger partial charge in [-0.05, 0) is 12.0 Å². The van der Waals surface area contributed by atoms with Gasteiger partial charge in [0.25, 0.3) is 0 Å². The zero-order valence-electron chi connectivity index (χ0n) is 6.14. The van der Waals surface area contributed by atoms with Crippen molar-refractivity contribution in [3.05, 3.63) is 0 Å². The van der Waals surface area contributed by atoms with Crippen molar-refractivity contribution in [1.82, 2.24) is 0 Å². The van der Waals surface area contributed by atoms with Crippen LogP contribution < -0.4 is 0 Å². The average molecular weight is 168 g/mol. The lowest BCUT2D eigenvalue weighted by Gasteiger charge is -2.00. The Balaban J connectivity index is 2.65. The molecule has 0 aliphatic rings. The van der Waals surface area contributed by atoms with Crippen molar-refractivity contribution in [2.24, 2.45) is 0 Å². The molecule has 0 radical (unpaired) electrons. The minimum Gasteiger partial charge on any atom is -0.376 e. The van der Waals surface area contributed by atoms with Gasteiger partial charge in [-0.15, -0.1) is 0 Å². The Morgan fingerprint density at radius 2 is 2.10 bits per heavy atom. The summed E-state index contributed by atoms with van der Waals surface area (Å²) < 4.78 is 21.2. The molecule has 0 aliphatic heterocycles. The zero-order valence-corrected chi connectivity index (χ0v) is 6.95. The summed E-state index contributed by atoms with van der Waals surface area (Å²) in [4.78, 5) is 0. The van der Waals surface area contributed by atoms with Gasteiger partial charge in [0.05, 0.1) is 19.8 Å². The van der Waals surface area contributed by atoms with E-state index in [0.717, 1.165) is 5.75 Å². The number of hydrogen-bond donors (Lipinski definition) is 0. The monoisotopic (exact) mass is 168 g/mol. The molecule has 0 spiro atoms. The summed E-state index contributed by atoms with van der Waals surface area (Å²) in [7, 11) is 0. The van der Waals surface area contributed by atoms with Crippen molar-refractivity contribution < 1.29 is 13.3 Å².